The van der Waals surface area contributed by atoms with E-state index in [0.29, 0.717) is 12.3 Å². The van der Waals surface area contributed by atoms with Crippen molar-refractivity contribution in [2.24, 2.45) is 5.41 Å². The van der Waals surface area contributed by atoms with Crippen LogP contribution in [0.4, 0.5) is 5.82 Å². The molecule has 1 amide bonds. The number of nitrogens with one attached hydrogen (secondary N) is 2. The summed E-state index contributed by atoms with van der Waals surface area (Å²) in [5.41, 5.74) is 4.41. The van der Waals surface area contributed by atoms with Crippen LogP contribution in [-0.4, -0.2) is 123 Å². The maximum absolute atomic E-state index is 12.6. The van der Waals surface area contributed by atoms with E-state index in [9.17, 15) is 53.4 Å². The number of fused-ring (bicyclic) bond motifs is 1. The van der Waals surface area contributed by atoms with Crippen LogP contribution in [0.1, 0.15) is 26.5 Å². The first-order valence-electron chi connectivity index (χ1n) is 13.8. The minimum Gasteiger partial charge on any atom is -0.388 e. The van der Waals surface area contributed by atoms with Crippen molar-refractivity contribution in [3.05, 3.63) is 12.7 Å². The standard InChI is InChI=1S/C21H38N7O16P3S/c1-21(2,16(31)19(32)24-4-3-12(29)23-5-6-48)8-41-47(38,39)44-46(36,37)40-7-11-15(43-45(33,34)35)14(30)20(42-11)28-10-27-13-17(22)25-9-26-18(13)28/h9-11,14-16,19-20,24,30-32,48H,3-8H2,1-2H3,(H,23,29)(H,36,37)(H,38,39)(H2,22,25,26)(H2,33,34,35)/t11-,14-,15-,16+,19?,20-/m1/s1. The number of phosphoric ester groups is 3. The Bertz CT molecular complexity index is 1550. The molecule has 1 fully saturated rings. The summed E-state index contributed by atoms with van der Waals surface area (Å²) in [5, 5.41) is 36.7. The number of carbonyl (C=O) groups excluding carboxylic acids is 1. The zero-order valence-electron chi connectivity index (χ0n) is 25.3. The Morgan fingerprint density at radius 3 is 2.44 bits per heavy atom. The minimum absolute atomic E-state index is 0.0320. The van der Waals surface area contributed by atoms with Crippen molar-refractivity contribution >= 4 is 59.0 Å². The topological polar surface area (TPSA) is 350 Å². The fourth-order valence-corrected chi connectivity index (χ4v) is 7.20. The van der Waals surface area contributed by atoms with E-state index < -0.39 is 79.0 Å². The molecule has 0 radical (unpaired) electrons. The highest BCUT2D eigenvalue weighted by molar-refractivity contribution is 7.80. The number of aliphatic hydroxyl groups excluding tert-OH is 3. The molecule has 0 aliphatic carbocycles. The highest BCUT2D eigenvalue weighted by Gasteiger charge is 2.50. The van der Waals surface area contributed by atoms with Crippen LogP contribution >= 0.6 is 36.1 Å². The number of phosphoric acid groups is 3. The molecule has 8 atom stereocenters. The number of rotatable bonds is 19. The number of anilines is 1. The average Bonchev–Trinajstić information content (AvgIpc) is 3.54. The van der Waals surface area contributed by atoms with Crippen molar-refractivity contribution < 1.29 is 76.0 Å². The molecule has 2 aromatic rings. The van der Waals surface area contributed by atoms with Crippen molar-refractivity contribution in [1.29, 1.82) is 0 Å². The minimum atomic E-state index is -5.52. The molecule has 0 bridgehead atoms. The monoisotopic (exact) mass is 769 g/mol. The summed E-state index contributed by atoms with van der Waals surface area (Å²) in [4.78, 5) is 62.4. The number of ether oxygens (including phenoxy) is 1. The van der Waals surface area contributed by atoms with Gasteiger partial charge in [0, 0.05) is 30.7 Å². The first-order valence-corrected chi connectivity index (χ1v) is 19.0. The van der Waals surface area contributed by atoms with Gasteiger partial charge in [0.05, 0.1) is 19.5 Å². The van der Waals surface area contributed by atoms with Gasteiger partial charge in [-0.05, 0) is 0 Å². The van der Waals surface area contributed by atoms with E-state index >= 15 is 0 Å². The van der Waals surface area contributed by atoms with Gasteiger partial charge in [0.1, 0.15) is 42.5 Å². The third kappa shape index (κ3) is 11.4. The van der Waals surface area contributed by atoms with Crippen LogP contribution in [0, 0.1) is 5.41 Å². The summed E-state index contributed by atoms with van der Waals surface area (Å²) in [7, 11) is -16.2. The van der Waals surface area contributed by atoms with Crippen LogP contribution in [-0.2, 0) is 41.1 Å². The summed E-state index contributed by atoms with van der Waals surface area (Å²) in [6.45, 7) is 1.04. The van der Waals surface area contributed by atoms with Gasteiger partial charge in [-0.2, -0.15) is 16.9 Å². The zero-order valence-corrected chi connectivity index (χ0v) is 28.9. The quantitative estimate of drug-likeness (QED) is 0.0423. The molecule has 23 nitrogen and oxygen atoms in total. The summed E-state index contributed by atoms with van der Waals surface area (Å²) < 4.78 is 61.8. The second-order valence-electron chi connectivity index (χ2n) is 10.9. The number of hydrogen-bond donors (Lipinski definition) is 11. The van der Waals surface area contributed by atoms with E-state index in [2.05, 4.69) is 47.0 Å². The van der Waals surface area contributed by atoms with Crippen molar-refractivity contribution in [2.45, 2.75) is 57.1 Å². The Labute approximate surface area is 278 Å². The number of aromatic nitrogens is 4. The molecule has 1 aliphatic rings. The van der Waals surface area contributed by atoms with Gasteiger partial charge in [0.15, 0.2) is 17.7 Å². The maximum Gasteiger partial charge on any atom is 0.481 e. The Hall–Kier alpha value is -1.66. The maximum atomic E-state index is 12.6. The average molecular weight is 770 g/mol. The molecule has 48 heavy (non-hydrogen) atoms. The number of nitrogen functional groups attached to an aromatic ring is 1. The number of nitrogens with two attached hydrogens (primary N) is 1. The second kappa shape index (κ2) is 16.6. The normalized spacial score (nSPS) is 24.2. The number of imidazole rings is 1. The van der Waals surface area contributed by atoms with Crippen LogP contribution in [0.2, 0.25) is 0 Å². The van der Waals surface area contributed by atoms with E-state index in [-0.39, 0.29) is 35.9 Å². The molecule has 0 saturated carbocycles. The molecule has 0 spiro atoms. The highest BCUT2D eigenvalue weighted by Crippen LogP contribution is 2.61. The summed E-state index contributed by atoms with van der Waals surface area (Å²) in [6, 6.07) is 0. The number of carbonyl (C=O) groups is 1. The van der Waals surface area contributed by atoms with Crippen LogP contribution in [0.3, 0.4) is 0 Å². The van der Waals surface area contributed by atoms with Crippen LogP contribution in [0.15, 0.2) is 12.7 Å². The Morgan fingerprint density at radius 2 is 1.79 bits per heavy atom. The Kier molecular flexibility index (Phi) is 14.1. The molecular weight excluding hydrogens is 731 g/mol. The van der Waals surface area contributed by atoms with Gasteiger partial charge in [-0.25, -0.2) is 28.6 Å². The first kappa shape index (κ1) is 40.8. The molecule has 11 N–H and O–H groups in total. The van der Waals surface area contributed by atoms with Gasteiger partial charge < -0.3 is 50.7 Å². The van der Waals surface area contributed by atoms with Crippen LogP contribution in [0.25, 0.3) is 11.2 Å². The van der Waals surface area contributed by atoms with E-state index in [4.69, 9.17) is 19.5 Å². The molecule has 3 unspecified atom stereocenters. The van der Waals surface area contributed by atoms with Gasteiger partial charge in [-0.1, -0.05) is 13.8 Å². The van der Waals surface area contributed by atoms with Gasteiger partial charge in [-0.3, -0.25) is 28.2 Å². The fraction of sp³-hybridized carbons (Fsp3) is 0.714. The molecule has 1 saturated heterocycles. The van der Waals surface area contributed by atoms with Crippen molar-refractivity contribution in [3.63, 3.8) is 0 Å². The third-order valence-corrected chi connectivity index (χ3v) is 10.0. The molecule has 3 heterocycles. The molecular formula is C21H38N7O16P3S. The van der Waals surface area contributed by atoms with E-state index in [1.165, 1.54) is 13.8 Å². The predicted octanol–water partition coefficient (Wildman–Crippen LogP) is -1.87. The third-order valence-electron chi connectivity index (χ3n) is 6.68. The van der Waals surface area contributed by atoms with Gasteiger partial charge >= 0.3 is 23.5 Å². The predicted molar refractivity (Wildman–Crippen MR) is 164 cm³/mol. The number of hydrogen-bond acceptors (Lipinski definition) is 18. The van der Waals surface area contributed by atoms with Crippen molar-refractivity contribution in [2.75, 3.05) is 37.8 Å². The van der Waals surface area contributed by atoms with Crippen LogP contribution < -0.4 is 16.4 Å². The number of thiol groups is 1. The summed E-state index contributed by atoms with van der Waals surface area (Å²) >= 11 is 3.96. The number of aliphatic hydroxyl groups is 3. The fourth-order valence-electron chi connectivity index (χ4n) is 4.26. The zero-order chi connectivity index (χ0) is 36.1. The smallest absolute Gasteiger partial charge is 0.388 e. The van der Waals surface area contributed by atoms with E-state index in [1.807, 2.05) is 0 Å². The lowest BCUT2D eigenvalue weighted by atomic mass is 9.86. The SMILES string of the molecule is CC(C)(COP(=O)(O)OP(=O)(O)OC[C@H]1O[C@@H](n2cnc3c(N)ncnc32)[C@H](O)[C@@H]1OP(=O)(O)O)[C@@H](O)C(O)NCCC(=O)NCCS. The van der Waals surface area contributed by atoms with Crippen LogP contribution in [0.5, 0.6) is 0 Å². The van der Waals surface area contributed by atoms with Gasteiger partial charge in [0.25, 0.3) is 0 Å². The molecule has 2 aromatic heterocycles. The molecule has 1 aliphatic heterocycles. The first-order chi connectivity index (χ1) is 22.2. The lowest BCUT2D eigenvalue weighted by molar-refractivity contribution is -0.121. The largest absolute Gasteiger partial charge is 0.481 e. The van der Waals surface area contributed by atoms with Gasteiger partial charge in [0.2, 0.25) is 5.91 Å². The second-order valence-corrected chi connectivity index (χ2v) is 15.6. The van der Waals surface area contributed by atoms with Crippen molar-refractivity contribution in [1.82, 2.24) is 30.2 Å². The van der Waals surface area contributed by atoms with Crippen molar-refractivity contribution in [3.8, 4) is 0 Å². The molecule has 3 rings (SSSR count). The lowest BCUT2D eigenvalue weighted by Gasteiger charge is -2.34. The Balaban J connectivity index is 1.60. The Morgan fingerprint density at radius 1 is 1.12 bits per heavy atom. The van der Waals surface area contributed by atoms with E-state index in [1.54, 1.807) is 0 Å². The molecule has 0 aromatic carbocycles. The highest BCUT2D eigenvalue weighted by atomic mass is 32.1. The molecule has 274 valence electrons. The van der Waals surface area contributed by atoms with E-state index in [0.717, 1.165) is 17.2 Å². The number of amides is 1. The molecule has 27 heteroatoms. The summed E-state index contributed by atoms with van der Waals surface area (Å²) in [6.07, 6.45) is -8.06. The number of nitrogens with zero attached hydrogens (tertiary/aromatic N) is 4. The lowest BCUT2D eigenvalue weighted by Crippen LogP contribution is -2.49. The summed E-state index contributed by atoms with van der Waals surface area (Å²) in [5.74, 6) is 0.0648. The van der Waals surface area contributed by atoms with Gasteiger partial charge in [-0.15, -0.1) is 0 Å².